The van der Waals surface area contributed by atoms with Crippen molar-refractivity contribution < 1.29 is 17.9 Å². The summed E-state index contributed by atoms with van der Waals surface area (Å²) in [5.41, 5.74) is 2.47. The van der Waals surface area contributed by atoms with Crippen LogP contribution < -0.4 is 19.5 Å². The standard InChI is InChI=1S/C20H21N3O4S/c1-14-4-8-17(9-5-14)28(24,25)23-20-11-7-16(13-21-20)22-15-6-10-18(26-2)19(12-15)27-3/h4-13,22H,1-3H3,(H,21,23). The van der Waals surface area contributed by atoms with Crippen molar-refractivity contribution in [3.05, 3.63) is 66.4 Å². The van der Waals surface area contributed by atoms with Crippen molar-refractivity contribution in [1.29, 1.82) is 0 Å². The molecule has 0 unspecified atom stereocenters. The Morgan fingerprint density at radius 2 is 1.54 bits per heavy atom. The summed E-state index contributed by atoms with van der Waals surface area (Å²) in [5, 5.41) is 3.18. The number of ether oxygens (including phenoxy) is 2. The van der Waals surface area contributed by atoms with Crippen molar-refractivity contribution in [2.45, 2.75) is 11.8 Å². The average molecular weight is 399 g/mol. The van der Waals surface area contributed by atoms with Gasteiger partial charge in [-0.25, -0.2) is 13.4 Å². The van der Waals surface area contributed by atoms with Gasteiger partial charge in [-0.1, -0.05) is 17.7 Å². The van der Waals surface area contributed by atoms with Gasteiger partial charge in [0.2, 0.25) is 0 Å². The number of aryl methyl sites for hydroxylation is 1. The molecular weight excluding hydrogens is 378 g/mol. The van der Waals surface area contributed by atoms with Crippen LogP contribution >= 0.6 is 0 Å². The van der Waals surface area contributed by atoms with Gasteiger partial charge in [0.1, 0.15) is 5.82 Å². The van der Waals surface area contributed by atoms with Gasteiger partial charge in [0.15, 0.2) is 11.5 Å². The van der Waals surface area contributed by atoms with Crippen LogP contribution in [0.4, 0.5) is 17.2 Å². The molecule has 0 aliphatic carbocycles. The minimum Gasteiger partial charge on any atom is -0.493 e. The molecular formula is C20H21N3O4S. The number of hydrogen-bond donors (Lipinski definition) is 2. The van der Waals surface area contributed by atoms with E-state index in [9.17, 15) is 8.42 Å². The Bertz CT molecular complexity index is 1050. The van der Waals surface area contributed by atoms with Crippen LogP contribution in [0.15, 0.2) is 65.7 Å². The third-order valence-corrected chi connectivity index (χ3v) is 5.38. The van der Waals surface area contributed by atoms with Crippen LogP contribution in [0, 0.1) is 6.92 Å². The predicted octanol–water partition coefficient (Wildman–Crippen LogP) is 3.95. The highest BCUT2D eigenvalue weighted by Crippen LogP contribution is 2.31. The predicted molar refractivity (Wildman–Crippen MR) is 109 cm³/mol. The molecule has 0 spiro atoms. The van der Waals surface area contributed by atoms with E-state index in [-0.39, 0.29) is 10.7 Å². The van der Waals surface area contributed by atoms with E-state index in [1.54, 1.807) is 68.9 Å². The summed E-state index contributed by atoms with van der Waals surface area (Å²) in [6.45, 7) is 1.90. The molecule has 1 aromatic heterocycles. The van der Waals surface area contributed by atoms with Crippen LogP contribution in [0.2, 0.25) is 0 Å². The normalized spacial score (nSPS) is 11.0. The van der Waals surface area contributed by atoms with Crippen molar-refractivity contribution in [1.82, 2.24) is 4.98 Å². The summed E-state index contributed by atoms with van der Waals surface area (Å²) in [5.74, 6) is 1.47. The number of pyridine rings is 1. The van der Waals surface area contributed by atoms with Gasteiger partial charge in [-0.15, -0.1) is 0 Å². The third kappa shape index (κ3) is 4.52. The number of rotatable bonds is 7. The molecule has 0 atom stereocenters. The number of anilines is 3. The SMILES string of the molecule is COc1ccc(Nc2ccc(NS(=O)(=O)c3ccc(C)cc3)nc2)cc1OC. The maximum Gasteiger partial charge on any atom is 0.263 e. The molecule has 0 saturated heterocycles. The Labute approximate surface area is 164 Å². The van der Waals surface area contributed by atoms with E-state index in [0.717, 1.165) is 11.3 Å². The first-order valence-corrected chi connectivity index (χ1v) is 9.94. The van der Waals surface area contributed by atoms with E-state index in [1.165, 1.54) is 0 Å². The number of nitrogens with one attached hydrogen (secondary N) is 2. The van der Waals surface area contributed by atoms with Crippen LogP contribution in [-0.2, 0) is 10.0 Å². The smallest absolute Gasteiger partial charge is 0.263 e. The summed E-state index contributed by atoms with van der Waals surface area (Å²) >= 11 is 0. The summed E-state index contributed by atoms with van der Waals surface area (Å²) in [6, 6.07) is 15.4. The molecule has 146 valence electrons. The molecule has 8 heteroatoms. The van der Waals surface area contributed by atoms with Crippen LogP contribution in [0.5, 0.6) is 11.5 Å². The number of nitrogens with zero attached hydrogens (tertiary/aromatic N) is 1. The van der Waals surface area contributed by atoms with Gasteiger partial charge in [0, 0.05) is 11.8 Å². The number of methoxy groups -OCH3 is 2. The number of aromatic nitrogens is 1. The molecule has 3 rings (SSSR count). The topological polar surface area (TPSA) is 89.6 Å². The second-order valence-electron chi connectivity index (χ2n) is 6.05. The van der Waals surface area contributed by atoms with E-state index < -0.39 is 10.0 Å². The average Bonchev–Trinajstić information content (AvgIpc) is 2.69. The Hall–Kier alpha value is -3.26. The molecule has 2 N–H and O–H groups in total. The van der Waals surface area contributed by atoms with Crippen molar-refractivity contribution in [2.75, 3.05) is 24.3 Å². The highest BCUT2D eigenvalue weighted by Gasteiger charge is 2.14. The van der Waals surface area contributed by atoms with Gasteiger partial charge in [-0.3, -0.25) is 4.72 Å². The van der Waals surface area contributed by atoms with Crippen LogP contribution in [0.1, 0.15) is 5.56 Å². The Balaban J connectivity index is 1.72. The molecule has 0 amide bonds. The van der Waals surface area contributed by atoms with Gasteiger partial charge >= 0.3 is 0 Å². The highest BCUT2D eigenvalue weighted by molar-refractivity contribution is 7.92. The van der Waals surface area contributed by atoms with Crippen molar-refractivity contribution in [3.8, 4) is 11.5 Å². The molecule has 3 aromatic rings. The van der Waals surface area contributed by atoms with Crippen molar-refractivity contribution in [3.63, 3.8) is 0 Å². The maximum absolute atomic E-state index is 12.4. The Morgan fingerprint density at radius 1 is 0.857 bits per heavy atom. The van der Waals surface area contributed by atoms with Crippen LogP contribution in [-0.4, -0.2) is 27.6 Å². The number of hydrogen-bond acceptors (Lipinski definition) is 6. The molecule has 7 nitrogen and oxygen atoms in total. The fraction of sp³-hybridized carbons (Fsp3) is 0.150. The summed E-state index contributed by atoms with van der Waals surface area (Å²) in [4.78, 5) is 4.36. The second-order valence-corrected chi connectivity index (χ2v) is 7.73. The zero-order valence-corrected chi connectivity index (χ0v) is 16.6. The van der Waals surface area contributed by atoms with E-state index in [1.807, 2.05) is 13.0 Å². The van der Waals surface area contributed by atoms with E-state index >= 15 is 0 Å². The first kappa shape index (κ1) is 19.5. The lowest BCUT2D eigenvalue weighted by atomic mass is 10.2. The fourth-order valence-electron chi connectivity index (χ4n) is 2.52. The van der Waals surface area contributed by atoms with Crippen molar-refractivity contribution in [2.24, 2.45) is 0 Å². The van der Waals surface area contributed by atoms with Gasteiger partial charge in [-0.05, 0) is 43.3 Å². The van der Waals surface area contributed by atoms with Gasteiger partial charge < -0.3 is 14.8 Å². The highest BCUT2D eigenvalue weighted by atomic mass is 32.2. The van der Waals surface area contributed by atoms with E-state index in [4.69, 9.17) is 9.47 Å². The zero-order chi connectivity index (χ0) is 20.1. The summed E-state index contributed by atoms with van der Waals surface area (Å²) < 4.78 is 37.8. The number of sulfonamides is 1. The quantitative estimate of drug-likeness (QED) is 0.625. The molecule has 0 saturated carbocycles. The molecule has 1 heterocycles. The maximum atomic E-state index is 12.4. The Morgan fingerprint density at radius 3 is 2.14 bits per heavy atom. The van der Waals surface area contributed by atoms with E-state index in [0.29, 0.717) is 17.2 Å². The van der Waals surface area contributed by atoms with Crippen LogP contribution in [0.25, 0.3) is 0 Å². The van der Waals surface area contributed by atoms with Gasteiger partial charge in [0.25, 0.3) is 10.0 Å². The lowest BCUT2D eigenvalue weighted by Gasteiger charge is -2.12. The van der Waals surface area contributed by atoms with Gasteiger partial charge in [0.05, 0.1) is 31.0 Å². The molecule has 0 fully saturated rings. The third-order valence-electron chi connectivity index (χ3n) is 4.01. The van der Waals surface area contributed by atoms with Crippen LogP contribution in [0.3, 0.4) is 0 Å². The monoisotopic (exact) mass is 399 g/mol. The van der Waals surface area contributed by atoms with Gasteiger partial charge in [-0.2, -0.15) is 0 Å². The minimum absolute atomic E-state index is 0.187. The lowest BCUT2D eigenvalue weighted by molar-refractivity contribution is 0.355. The molecule has 0 bridgehead atoms. The summed E-state index contributed by atoms with van der Waals surface area (Å²) in [7, 11) is -0.540. The van der Waals surface area contributed by atoms with E-state index in [2.05, 4.69) is 15.0 Å². The molecule has 0 aliphatic rings. The Kier molecular flexibility index (Phi) is 5.70. The minimum atomic E-state index is -3.68. The first-order valence-electron chi connectivity index (χ1n) is 8.46. The molecule has 0 aliphatic heterocycles. The largest absolute Gasteiger partial charge is 0.493 e. The zero-order valence-electron chi connectivity index (χ0n) is 15.8. The first-order chi connectivity index (χ1) is 13.4. The second kappa shape index (κ2) is 8.18. The lowest BCUT2D eigenvalue weighted by Crippen LogP contribution is -2.13. The summed E-state index contributed by atoms with van der Waals surface area (Å²) in [6.07, 6.45) is 1.55. The fourth-order valence-corrected chi connectivity index (χ4v) is 3.53. The number of benzene rings is 2. The molecule has 2 aromatic carbocycles. The molecule has 0 radical (unpaired) electrons. The molecule has 28 heavy (non-hydrogen) atoms. The van der Waals surface area contributed by atoms with Crippen molar-refractivity contribution >= 4 is 27.2 Å².